The van der Waals surface area contributed by atoms with E-state index in [9.17, 15) is 4.79 Å². The lowest BCUT2D eigenvalue weighted by molar-refractivity contribution is -0.126. The molecule has 0 bridgehead atoms. The Morgan fingerprint density at radius 1 is 1.62 bits per heavy atom. The second-order valence-corrected chi connectivity index (χ2v) is 2.99. The summed E-state index contributed by atoms with van der Waals surface area (Å²) >= 11 is 0. The molecule has 0 aromatic heterocycles. The van der Waals surface area contributed by atoms with Gasteiger partial charge in [0.1, 0.15) is 0 Å². The van der Waals surface area contributed by atoms with Crippen molar-refractivity contribution in [1.82, 2.24) is 10.6 Å². The molecule has 0 atom stereocenters. The molecule has 1 aliphatic heterocycles. The van der Waals surface area contributed by atoms with Crippen molar-refractivity contribution in [1.29, 1.82) is 0 Å². The van der Waals surface area contributed by atoms with E-state index in [0.717, 1.165) is 26.1 Å². The van der Waals surface area contributed by atoms with Crippen LogP contribution in [-0.2, 0) is 9.53 Å². The molecule has 2 N–H and O–H groups in total. The first-order chi connectivity index (χ1) is 5.84. The van der Waals surface area contributed by atoms with E-state index in [1.54, 1.807) is 7.11 Å². The Morgan fingerprint density at radius 3 is 2.77 bits per heavy atom. The van der Waals surface area contributed by atoms with E-state index < -0.39 is 0 Å². The Hall–Kier alpha value is -0.320. The zero-order valence-corrected chi connectivity index (χ0v) is 8.65. The number of nitrogens with one attached hydrogen (secondary N) is 2. The molecule has 1 rings (SSSR count). The number of amides is 1. The number of carbonyl (C=O) groups excluding carboxylic acids is 1. The molecule has 0 aromatic carbocycles. The summed E-state index contributed by atoms with van der Waals surface area (Å²) in [5.74, 6) is 0.373. The number of halogens is 1. The Labute approximate surface area is 84.8 Å². The van der Waals surface area contributed by atoms with Crippen molar-refractivity contribution >= 4 is 18.3 Å². The number of hydrogen-bond acceptors (Lipinski definition) is 3. The topological polar surface area (TPSA) is 50.4 Å². The van der Waals surface area contributed by atoms with Gasteiger partial charge < -0.3 is 15.4 Å². The molecule has 5 heteroatoms. The van der Waals surface area contributed by atoms with Crippen molar-refractivity contribution < 1.29 is 9.53 Å². The third-order valence-electron chi connectivity index (χ3n) is 1.98. The molecule has 1 saturated heterocycles. The van der Waals surface area contributed by atoms with Crippen LogP contribution in [0.25, 0.3) is 0 Å². The van der Waals surface area contributed by atoms with Crippen LogP contribution in [0.15, 0.2) is 0 Å². The lowest BCUT2D eigenvalue weighted by Crippen LogP contribution is -2.50. The largest absolute Gasteiger partial charge is 0.385 e. The summed E-state index contributed by atoms with van der Waals surface area (Å²) in [5, 5.41) is 5.92. The first-order valence-corrected chi connectivity index (χ1v) is 4.32. The fourth-order valence-corrected chi connectivity index (χ4v) is 1.05. The summed E-state index contributed by atoms with van der Waals surface area (Å²) in [7, 11) is 1.66. The summed E-state index contributed by atoms with van der Waals surface area (Å²) in [6.07, 6.45) is 0.891. The van der Waals surface area contributed by atoms with E-state index in [1.165, 1.54) is 0 Å². The van der Waals surface area contributed by atoms with E-state index in [2.05, 4.69) is 10.6 Å². The van der Waals surface area contributed by atoms with Crippen LogP contribution in [0.2, 0.25) is 0 Å². The van der Waals surface area contributed by atoms with Crippen LogP contribution < -0.4 is 10.6 Å². The van der Waals surface area contributed by atoms with E-state index in [1.807, 2.05) is 0 Å². The normalized spacial score (nSPS) is 15.8. The molecular weight excluding hydrogens is 192 g/mol. The molecule has 0 spiro atoms. The Morgan fingerprint density at radius 2 is 2.31 bits per heavy atom. The molecule has 1 aliphatic rings. The molecule has 4 nitrogen and oxygen atoms in total. The quantitative estimate of drug-likeness (QED) is 0.615. The average molecular weight is 209 g/mol. The van der Waals surface area contributed by atoms with Gasteiger partial charge in [0.2, 0.25) is 5.91 Å². The van der Waals surface area contributed by atoms with Gasteiger partial charge >= 0.3 is 0 Å². The highest BCUT2D eigenvalue weighted by Gasteiger charge is 2.23. The third-order valence-corrected chi connectivity index (χ3v) is 1.98. The fourth-order valence-electron chi connectivity index (χ4n) is 1.05. The molecule has 1 fully saturated rings. The molecule has 0 aliphatic carbocycles. The number of carbonyl (C=O) groups is 1. The van der Waals surface area contributed by atoms with Gasteiger partial charge in [-0.05, 0) is 6.42 Å². The van der Waals surface area contributed by atoms with Crippen LogP contribution >= 0.6 is 12.4 Å². The third kappa shape index (κ3) is 4.45. The van der Waals surface area contributed by atoms with Gasteiger partial charge in [-0.15, -0.1) is 12.4 Å². The van der Waals surface area contributed by atoms with Crippen LogP contribution in [0.4, 0.5) is 0 Å². The summed E-state index contributed by atoms with van der Waals surface area (Å²) in [6, 6.07) is 0. The predicted octanol–water partition coefficient (Wildman–Crippen LogP) is -0.220. The number of methoxy groups -OCH3 is 1. The summed E-state index contributed by atoms with van der Waals surface area (Å²) < 4.78 is 4.86. The van der Waals surface area contributed by atoms with E-state index in [4.69, 9.17) is 4.74 Å². The molecule has 0 aromatic rings. The lowest BCUT2D eigenvalue weighted by atomic mass is 10.0. The standard InChI is InChI=1S/C8H16N2O2.ClH/c1-12-4-2-3-10-8(11)7-5-9-6-7;/h7,9H,2-6H2,1H3,(H,10,11);1H. The van der Waals surface area contributed by atoms with Gasteiger partial charge in [0.15, 0.2) is 0 Å². The number of hydrogen-bond donors (Lipinski definition) is 2. The molecule has 1 amide bonds. The molecular formula is C8H17ClN2O2. The number of ether oxygens (including phenoxy) is 1. The SMILES string of the molecule is COCCCNC(=O)C1CNC1.Cl. The first kappa shape index (κ1) is 12.7. The summed E-state index contributed by atoms with van der Waals surface area (Å²) in [6.45, 7) is 3.10. The van der Waals surface area contributed by atoms with E-state index in [-0.39, 0.29) is 24.2 Å². The van der Waals surface area contributed by atoms with Crippen molar-refractivity contribution in [3.8, 4) is 0 Å². The minimum atomic E-state index is 0. The second kappa shape index (κ2) is 7.12. The number of rotatable bonds is 5. The molecule has 0 saturated carbocycles. The van der Waals surface area contributed by atoms with Crippen molar-refractivity contribution in [3.05, 3.63) is 0 Å². The maximum Gasteiger partial charge on any atom is 0.225 e. The summed E-state index contributed by atoms with van der Waals surface area (Å²) in [4.78, 5) is 11.2. The van der Waals surface area contributed by atoms with E-state index in [0.29, 0.717) is 6.61 Å². The summed E-state index contributed by atoms with van der Waals surface area (Å²) in [5.41, 5.74) is 0. The van der Waals surface area contributed by atoms with Crippen LogP contribution in [0, 0.1) is 5.92 Å². The highest BCUT2D eigenvalue weighted by molar-refractivity contribution is 5.85. The van der Waals surface area contributed by atoms with Gasteiger partial charge in [-0.25, -0.2) is 0 Å². The fraction of sp³-hybridized carbons (Fsp3) is 0.875. The van der Waals surface area contributed by atoms with Crippen molar-refractivity contribution in [2.45, 2.75) is 6.42 Å². The Balaban J connectivity index is 0.00000144. The Bertz CT molecular complexity index is 151. The molecule has 78 valence electrons. The highest BCUT2D eigenvalue weighted by Crippen LogP contribution is 2.01. The maximum atomic E-state index is 11.2. The molecule has 13 heavy (non-hydrogen) atoms. The van der Waals surface area contributed by atoms with Crippen molar-refractivity contribution in [2.75, 3.05) is 33.4 Å². The molecule has 1 heterocycles. The monoisotopic (exact) mass is 208 g/mol. The van der Waals surface area contributed by atoms with Gasteiger partial charge in [-0.3, -0.25) is 4.79 Å². The second-order valence-electron chi connectivity index (χ2n) is 2.99. The van der Waals surface area contributed by atoms with Gasteiger partial charge in [-0.2, -0.15) is 0 Å². The minimum absolute atomic E-state index is 0. The first-order valence-electron chi connectivity index (χ1n) is 4.32. The molecule has 0 radical (unpaired) electrons. The zero-order chi connectivity index (χ0) is 8.81. The molecule has 0 unspecified atom stereocenters. The average Bonchev–Trinajstić information content (AvgIpc) is 1.95. The lowest BCUT2D eigenvalue weighted by Gasteiger charge is -2.25. The van der Waals surface area contributed by atoms with Gasteiger partial charge in [0.05, 0.1) is 5.92 Å². The van der Waals surface area contributed by atoms with E-state index >= 15 is 0 Å². The smallest absolute Gasteiger partial charge is 0.225 e. The van der Waals surface area contributed by atoms with Gasteiger partial charge in [0, 0.05) is 33.4 Å². The minimum Gasteiger partial charge on any atom is -0.385 e. The van der Waals surface area contributed by atoms with Crippen LogP contribution in [0.3, 0.4) is 0 Å². The Kier molecular flexibility index (Phi) is 6.94. The van der Waals surface area contributed by atoms with Crippen LogP contribution in [-0.4, -0.2) is 39.3 Å². The zero-order valence-electron chi connectivity index (χ0n) is 7.84. The maximum absolute atomic E-state index is 11.2. The van der Waals surface area contributed by atoms with Gasteiger partial charge in [0.25, 0.3) is 0 Å². The van der Waals surface area contributed by atoms with Crippen molar-refractivity contribution in [3.63, 3.8) is 0 Å². The predicted molar refractivity (Wildman–Crippen MR) is 53.1 cm³/mol. The van der Waals surface area contributed by atoms with Crippen LogP contribution in [0.1, 0.15) is 6.42 Å². The van der Waals surface area contributed by atoms with Crippen LogP contribution in [0.5, 0.6) is 0 Å². The van der Waals surface area contributed by atoms with Gasteiger partial charge in [-0.1, -0.05) is 0 Å². The van der Waals surface area contributed by atoms with Crippen molar-refractivity contribution in [2.24, 2.45) is 5.92 Å². The highest BCUT2D eigenvalue weighted by atomic mass is 35.5.